The molecule has 2 amide bonds. The summed E-state index contributed by atoms with van der Waals surface area (Å²) in [6.45, 7) is 3.03. The summed E-state index contributed by atoms with van der Waals surface area (Å²) in [6.07, 6.45) is 3.61. The maximum atomic E-state index is 11.9. The van der Waals surface area contributed by atoms with Gasteiger partial charge < -0.3 is 10.6 Å². The molecule has 0 aliphatic heterocycles. The molecule has 1 aromatic heterocycles. The van der Waals surface area contributed by atoms with Crippen molar-refractivity contribution >= 4 is 11.8 Å². The van der Waals surface area contributed by atoms with E-state index < -0.39 is 0 Å². The van der Waals surface area contributed by atoms with E-state index in [1.807, 2.05) is 36.0 Å². The highest BCUT2D eigenvalue weighted by Crippen LogP contribution is 2.06. The van der Waals surface area contributed by atoms with E-state index in [0.717, 1.165) is 5.56 Å². The number of carbonyl (C=O) groups excluding carboxylic acids is 2. The highest BCUT2D eigenvalue weighted by Gasteiger charge is 2.07. The molecule has 6 heteroatoms. The van der Waals surface area contributed by atoms with Crippen LogP contribution in [0.4, 0.5) is 0 Å². The van der Waals surface area contributed by atoms with Gasteiger partial charge in [-0.05, 0) is 30.7 Å². The van der Waals surface area contributed by atoms with Crippen LogP contribution in [-0.4, -0.2) is 34.7 Å². The lowest BCUT2D eigenvalue weighted by atomic mass is 10.1. The van der Waals surface area contributed by atoms with E-state index in [1.165, 1.54) is 0 Å². The van der Waals surface area contributed by atoms with Crippen molar-refractivity contribution in [2.75, 3.05) is 13.1 Å². The average molecular weight is 286 g/mol. The number of rotatable bonds is 6. The molecule has 0 saturated heterocycles. The first kappa shape index (κ1) is 14.8. The number of benzene rings is 1. The van der Waals surface area contributed by atoms with E-state index in [1.54, 1.807) is 18.3 Å². The van der Waals surface area contributed by atoms with Crippen LogP contribution >= 0.6 is 0 Å². The maximum Gasteiger partial charge on any atom is 0.251 e. The summed E-state index contributed by atoms with van der Waals surface area (Å²) in [5, 5.41) is 9.33. The summed E-state index contributed by atoms with van der Waals surface area (Å²) in [4.78, 5) is 23.1. The van der Waals surface area contributed by atoms with Crippen molar-refractivity contribution in [2.45, 2.75) is 13.5 Å². The molecule has 6 nitrogen and oxygen atoms in total. The van der Waals surface area contributed by atoms with Crippen LogP contribution in [0.3, 0.4) is 0 Å². The van der Waals surface area contributed by atoms with Crippen molar-refractivity contribution in [2.24, 2.45) is 0 Å². The van der Waals surface area contributed by atoms with E-state index in [4.69, 9.17) is 0 Å². The summed E-state index contributed by atoms with van der Waals surface area (Å²) in [7, 11) is 0. The molecular weight excluding hydrogens is 268 g/mol. The molecule has 0 aliphatic carbocycles. The zero-order chi connectivity index (χ0) is 15.1. The standard InChI is InChI=1S/C15H18N4O2/c1-2-16-14(20)10-17-15(21)13-6-4-12(5-7-13)11-19-9-3-8-18-19/h3-9H,2,10-11H2,1H3,(H,16,20)(H,17,21). The number of carbonyl (C=O) groups is 2. The number of amides is 2. The van der Waals surface area contributed by atoms with Gasteiger partial charge >= 0.3 is 0 Å². The van der Waals surface area contributed by atoms with Gasteiger partial charge in [0.15, 0.2) is 0 Å². The second kappa shape index (κ2) is 7.23. The molecule has 110 valence electrons. The number of nitrogens with zero attached hydrogens (tertiary/aromatic N) is 2. The topological polar surface area (TPSA) is 76.0 Å². The van der Waals surface area contributed by atoms with E-state index in [0.29, 0.717) is 18.7 Å². The third kappa shape index (κ3) is 4.45. The van der Waals surface area contributed by atoms with Crippen LogP contribution in [0.25, 0.3) is 0 Å². The molecule has 0 atom stereocenters. The van der Waals surface area contributed by atoms with Crippen LogP contribution in [0.5, 0.6) is 0 Å². The lowest BCUT2D eigenvalue weighted by molar-refractivity contribution is -0.120. The van der Waals surface area contributed by atoms with E-state index >= 15 is 0 Å². The van der Waals surface area contributed by atoms with Crippen molar-refractivity contribution in [1.29, 1.82) is 0 Å². The fourth-order valence-corrected chi connectivity index (χ4v) is 1.86. The summed E-state index contributed by atoms with van der Waals surface area (Å²) in [6, 6.07) is 9.10. The Kier molecular flexibility index (Phi) is 5.09. The fraction of sp³-hybridized carbons (Fsp3) is 0.267. The molecule has 2 rings (SSSR count). The second-order valence-corrected chi connectivity index (χ2v) is 4.54. The number of aromatic nitrogens is 2. The van der Waals surface area contributed by atoms with Gasteiger partial charge in [0.05, 0.1) is 13.1 Å². The number of likely N-dealkylation sites (N-methyl/N-ethyl adjacent to an activating group) is 1. The van der Waals surface area contributed by atoms with Gasteiger partial charge in [-0.25, -0.2) is 0 Å². The Morgan fingerprint density at radius 2 is 1.95 bits per heavy atom. The van der Waals surface area contributed by atoms with Crippen LogP contribution in [0.1, 0.15) is 22.8 Å². The molecule has 0 spiro atoms. The fourth-order valence-electron chi connectivity index (χ4n) is 1.86. The predicted molar refractivity (Wildman–Crippen MR) is 78.8 cm³/mol. The van der Waals surface area contributed by atoms with Gasteiger partial charge in [-0.1, -0.05) is 12.1 Å². The van der Waals surface area contributed by atoms with Gasteiger partial charge in [-0.2, -0.15) is 5.10 Å². The zero-order valence-electron chi connectivity index (χ0n) is 11.9. The predicted octanol–water partition coefficient (Wildman–Crippen LogP) is 0.797. The monoisotopic (exact) mass is 286 g/mol. The number of hydrogen-bond acceptors (Lipinski definition) is 3. The number of hydrogen-bond donors (Lipinski definition) is 2. The van der Waals surface area contributed by atoms with E-state index in [2.05, 4.69) is 15.7 Å². The minimum Gasteiger partial charge on any atom is -0.355 e. The smallest absolute Gasteiger partial charge is 0.251 e. The summed E-state index contributed by atoms with van der Waals surface area (Å²) in [5.74, 6) is -0.451. The van der Waals surface area contributed by atoms with Crippen LogP contribution in [-0.2, 0) is 11.3 Å². The molecule has 1 heterocycles. The summed E-state index contributed by atoms with van der Waals surface area (Å²) >= 11 is 0. The minimum absolute atomic E-state index is 0.0122. The third-order valence-corrected chi connectivity index (χ3v) is 2.90. The highest BCUT2D eigenvalue weighted by molar-refractivity contribution is 5.96. The number of nitrogens with one attached hydrogen (secondary N) is 2. The van der Waals surface area contributed by atoms with Crippen molar-refractivity contribution in [3.8, 4) is 0 Å². The Bertz CT molecular complexity index is 591. The van der Waals surface area contributed by atoms with Crippen molar-refractivity contribution < 1.29 is 9.59 Å². The lowest BCUT2D eigenvalue weighted by Crippen LogP contribution is -2.36. The molecule has 0 bridgehead atoms. The Hall–Kier alpha value is -2.63. The van der Waals surface area contributed by atoms with Crippen LogP contribution in [0.15, 0.2) is 42.7 Å². The van der Waals surface area contributed by atoms with Gasteiger partial charge in [0, 0.05) is 24.5 Å². The Labute approximate surface area is 123 Å². The Morgan fingerprint density at radius 3 is 2.57 bits per heavy atom. The summed E-state index contributed by atoms with van der Waals surface area (Å²) < 4.78 is 1.81. The molecule has 0 unspecified atom stereocenters. The first-order chi connectivity index (χ1) is 10.2. The summed E-state index contributed by atoms with van der Waals surface area (Å²) in [5.41, 5.74) is 1.59. The van der Waals surface area contributed by atoms with Crippen LogP contribution < -0.4 is 10.6 Å². The van der Waals surface area contributed by atoms with Crippen LogP contribution in [0.2, 0.25) is 0 Å². The molecule has 2 aromatic rings. The molecule has 0 aliphatic rings. The Balaban J connectivity index is 1.89. The minimum atomic E-state index is -0.258. The Morgan fingerprint density at radius 1 is 1.19 bits per heavy atom. The molecule has 2 N–H and O–H groups in total. The zero-order valence-corrected chi connectivity index (χ0v) is 11.9. The first-order valence-electron chi connectivity index (χ1n) is 6.80. The normalized spacial score (nSPS) is 10.1. The molecule has 21 heavy (non-hydrogen) atoms. The largest absolute Gasteiger partial charge is 0.355 e. The molecular formula is C15H18N4O2. The molecule has 1 aromatic carbocycles. The van der Waals surface area contributed by atoms with Gasteiger partial charge in [-0.15, -0.1) is 0 Å². The molecule has 0 radical (unpaired) electrons. The second-order valence-electron chi connectivity index (χ2n) is 4.54. The highest BCUT2D eigenvalue weighted by atomic mass is 16.2. The molecule has 0 saturated carbocycles. The van der Waals surface area contributed by atoms with Crippen molar-refractivity contribution in [3.05, 3.63) is 53.9 Å². The van der Waals surface area contributed by atoms with Gasteiger partial charge in [0.1, 0.15) is 0 Å². The third-order valence-electron chi connectivity index (χ3n) is 2.90. The van der Waals surface area contributed by atoms with Crippen molar-refractivity contribution in [1.82, 2.24) is 20.4 Å². The molecule has 0 fully saturated rings. The van der Waals surface area contributed by atoms with E-state index in [9.17, 15) is 9.59 Å². The van der Waals surface area contributed by atoms with Crippen molar-refractivity contribution in [3.63, 3.8) is 0 Å². The van der Waals surface area contributed by atoms with E-state index in [-0.39, 0.29) is 18.4 Å². The maximum absolute atomic E-state index is 11.9. The lowest BCUT2D eigenvalue weighted by Gasteiger charge is -2.06. The first-order valence-corrected chi connectivity index (χ1v) is 6.80. The average Bonchev–Trinajstić information content (AvgIpc) is 2.99. The van der Waals surface area contributed by atoms with Gasteiger partial charge in [0.25, 0.3) is 5.91 Å². The van der Waals surface area contributed by atoms with Crippen LogP contribution in [0, 0.1) is 0 Å². The van der Waals surface area contributed by atoms with Gasteiger partial charge in [-0.3, -0.25) is 14.3 Å². The SMILES string of the molecule is CCNC(=O)CNC(=O)c1ccc(Cn2cccn2)cc1. The van der Waals surface area contributed by atoms with Gasteiger partial charge in [0.2, 0.25) is 5.91 Å². The quantitative estimate of drug-likeness (QED) is 0.824.